The van der Waals surface area contributed by atoms with Crippen LogP contribution in [0, 0.1) is 11.6 Å². The van der Waals surface area contributed by atoms with Crippen LogP contribution in [-0.4, -0.2) is 47.4 Å². The summed E-state index contributed by atoms with van der Waals surface area (Å²) < 4.78 is 44.2. The van der Waals surface area contributed by atoms with Crippen LogP contribution >= 0.6 is 23.5 Å². The molecule has 2 aliphatic rings. The molecule has 1 aromatic carbocycles. The molecule has 2 saturated heterocycles. The van der Waals surface area contributed by atoms with Gasteiger partial charge in [0, 0.05) is 23.1 Å². The van der Waals surface area contributed by atoms with E-state index in [1.807, 2.05) is 6.26 Å². The number of thioether (sulfide) groups is 2. The average Bonchev–Trinajstić information content (AvgIpc) is 3.30. The number of fused-ring (bicyclic) bond motifs is 1. The normalized spacial score (nSPS) is 21.8. The summed E-state index contributed by atoms with van der Waals surface area (Å²) >= 11 is 2.85. The van der Waals surface area contributed by atoms with Gasteiger partial charge in [-0.1, -0.05) is 16.9 Å². The standard InChI is InChI=1S/C15H14F2N2O4S2/c1-24-6-7-5-19(15(20)25-7)13-9-4-8(14-21-2-3-22-14)10(16)11(17)12(9)23-18-13/h4,7,14H,2-3,5-6H2,1H3/t7-/m1/s1. The average molecular weight is 388 g/mol. The largest absolute Gasteiger partial charge is 0.351 e. The highest BCUT2D eigenvalue weighted by molar-refractivity contribution is 8.15. The number of anilines is 1. The second-order valence-corrected chi connectivity index (χ2v) is 7.78. The molecule has 0 N–H and O–H groups in total. The minimum Gasteiger partial charge on any atom is -0.351 e. The first-order valence-corrected chi connectivity index (χ1v) is 9.85. The number of halogens is 2. The van der Waals surface area contributed by atoms with E-state index in [4.69, 9.17) is 14.0 Å². The lowest BCUT2D eigenvalue weighted by Gasteiger charge is -2.14. The maximum atomic E-state index is 14.4. The molecule has 6 nitrogen and oxygen atoms in total. The molecular formula is C15H14F2N2O4S2. The molecule has 0 bridgehead atoms. The molecule has 134 valence electrons. The van der Waals surface area contributed by atoms with Crippen molar-refractivity contribution in [2.45, 2.75) is 11.5 Å². The van der Waals surface area contributed by atoms with E-state index < -0.39 is 17.9 Å². The molecule has 3 heterocycles. The second kappa shape index (κ2) is 6.75. The summed E-state index contributed by atoms with van der Waals surface area (Å²) in [6, 6.07) is 1.38. The third-order valence-corrected chi connectivity index (χ3v) is 6.03. The number of amides is 1. The van der Waals surface area contributed by atoms with E-state index in [-0.39, 0.29) is 32.8 Å². The van der Waals surface area contributed by atoms with Crippen LogP contribution in [-0.2, 0) is 9.47 Å². The zero-order valence-corrected chi connectivity index (χ0v) is 14.8. The van der Waals surface area contributed by atoms with E-state index >= 15 is 0 Å². The van der Waals surface area contributed by atoms with Gasteiger partial charge in [-0.25, -0.2) is 4.39 Å². The van der Waals surface area contributed by atoms with Crippen LogP contribution in [0.2, 0.25) is 0 Å². The lowest BCUT2D eigenvalue weighted by atomic mass is 10.1. The highest BCUT2D eigenvalue weighted by Crippen LogP contribution is 2.39. The van der Waals surface area contributed by atoms with Crippen LogP contribution in [0.5, 0.6) is 0 Å². The van der Waals surface area contributed by atoms with Crippen molar-refractivity contribution in [3.8, 4) is 0 Å². The molecule has 1 amide bonds. The van der Waals surface area contributed by atoms with Crippen LogP contribution in [0.4, 0.5) is 19.4 Å². The molecule has 4 rings (SSSR count). The summed E-state index contributed by atoms with van der Waals surface area (Å²) in [7, 11) is 0. The van der Waals surface area contributed by atoms with Gasteiger partial charge in [-0.05, 0) is 12.3 Å². The molecular weight excluding hydrogens is 374 g/mol. The molecule has 0 spiro atoms. The summed E-state index contributed by atoms with van der Waals surface area (Å²) in [6.45, 7) is 1.05. The van der Waals surface area contributed by atoms with Crippen LogP contribution < -0.4 is 4.90 Å². The summed E-state index contributed by atoms with van der Waals surface area (Å²) in [5.41, 5.74) is -0.382. The molecule has 10 heteroatoms. The predicted molar refractivity (Wildman–Crippen MR) is 91.1 cm³/mol. The van der Waals surface area contributed by atoms with E-state index in [2.05, 4.69) is 5.16 Å². The number of benzene rings is 1. The number of carbonyl (C=O) groups is 1. The summed E-state index contributed by atoms with van der Waals surface area (Å²) in [5.74, 6) is -1.26. The van der Waals surface area contributed by atoms with E-state index in [0.717, 1.165) is 5.75 Å². The molecule has 2 fully saturated rings. The van der Waals surface area contributed by atoms with Crippen LogP contribution in [0.25, 0.3) is 11.0 Å². The van der Waals surface area contributed by atoms with E-state index in [0.29, 0.717) is 19.8 Å². The quantitative estimate of drug-likeness (QED) is 0.793. The summed E-state index contributed by atoms with van der Waals surface area (Å²) in [6.07, 6.45) is 0.986. The van der Waals surface area contributed by atoms with Crippen molar-refractivity contribution in [2.24, 2.45) is 0 Å². The zero-order valence-electron chi connectivity index (χ0n) is 13.2. The molecule has 25 heavy (non-hydrogen) atoms. The Morgan fingerprint density at radius 1 is 1.36 bits per heavy atom. The van der Waals surface area contributed by atoms with Gasteiger partial charge in [0.05, 0.1) is 18.6 Å². The van der Waals surface area contributed by atoms with Gasteiger partial charge in [0.15, 0.2) is 17.9 Å². The Morgan fingerprint density at radius 3 is 2.84 bits per heavy atom. The van der Waals surface area contributed by atoms with Gasteiger partial charge in [0.2, 0.25) is 11.4 Å². The Labute approximate surface area is 150 Å². The molecule has 0 aliphatic carbocycles. The van der Waals surface area contributed by atoms with Crippen molar-refractivity contribution in [3.05, 3.63) is 23.3 Å². The third kappa shape index (κ3) is 2.90. The van der Waals surface area contributed by atoms with Gasteiger partial charge < -0.3 is 14.0 Å². The molecule has 0 radical (unpaired) electrons. The Bertz CT molecular complexity index is 825. The number of aromatic nitrogens is 1. The monoisotopic (exact) mass is 388 g/mol. The lowest BCUT2D eigenvalue weighted by molar-refractivity contribution is -0.0467. The summed E-state index contributed by atoms with van der Waals surface area (Å²) in [4.78, 5) is 13.7. The van der Waals surface area contributed by atoms with E-state index in [9.17, 15) is 13.6 Å². The van der Waals surface area contributed by atoms with Crippen LogP contribution in [0.3, 0.4) is 0 Å². The first-order chi connectivity index (χ1) is 12.1. The second-order valence-electron chi connectivity index (χ2n) is 5.62. The Hall–Kier alpha value is -1.36. The van der Waals surface area contributed by atoms with Crippen molar-refractivity contribution < 1.29 is 27.6 Å². The van der Waals surface area contributed by atoms with Gasteiger partial charge in [0.25, 0.3) is 5.24 Å². The number of rotatable bonds is 4. The third-order valence-electron chi connectivity index (χ3n) is 4.01. The fourth-order valence-corrected chi connectivity index (χ4v) is 4.85. The van der Waals surface area contributed by atoms with Gasteiger partial charge >= 0.3 is 0 Å². The van der Waals surface area contributed by atoms with Crippen LogP contribution in [0.1, 0.15) is 11.9 Å². The van der Waals surface area contributed by atoms with Crippen molar-refractivity contribution >= 4 is 45.6 Å². The van der Waals surface area contributed by atoms with Crippen molar-refractivity contribution in [3.63, 3.8) is 0 Å². The molecule has 0 saturated carbocycles. The molecule has 2 aromatic rings. The lowest BCUT2D eigenvalue weighted by Crippen LogP contribution is -2.25. The van der Waals surface area contributed by atoms with Gasteiger partial charge in [-0.3, -0.25) is 9.69 Å². The SMILES string of the molecule is CSC[C@H]1CN(c2noc3c(F)c(F)c(C4OCCO4)cc23)C(=O)S1. The zero-order chi connectivity index (χ0) is 17.6. The summed E-state index contributed by atoms with van der Waals surface area (Å²) in [5, 5.41) is 3.97. The number of ether oxygens (including phenoxy) is 2. The van der Waals surface area contributed by atoms with Crippen LogP contribution in [0.15, 0.2) is 10.6 Å². The van der Waals surface area contributed by atoms with Crippen molar-refractivity contribution in [2.75, 3.05) is 36.7 Å². The van der Waals surface area contributed by atoms with E-state index in [1.165, 1.54) is 22.7 Å². The van der Waals surface area contributed by atoms with Crippen molar-refractivity contribution in [1.29, 1.82) is 0 Å². The molecule has 1 atom stereocenters. The highest BCUT2D eigenvalue weighted by Gasteiger charge is 2.36. The number of carbonyl (C=O) groups excluding carboxylic acids is 1. The topological polar surface area (TPSA) is 64.8 Å². The van der Waals surface area contributed by atoms with Crippen molar-refractivity contribution in [1.82, 2.24) is 5.16 Å². The Kier molecular flexibility index (Phi) is 4.61. The molecule has 1 aromatic heterocycles. The minimum absolute atomic E-state index is 0.0630. The highest BCUT2D eigenvalue weighted by atomic mass is 32.2. The number of hydrogen-bond acceptors (Lipinski definition) is 7. The smallest absolute Gasteiger partial charge is 0.287 e. The predicted octanol–water partition coefficient (Wildman–Crippen LogP) is 3.56. The van der Waals surface area contributed by atoms with Gasteiger partial charge in [0.1, 0.15) is 0 Å². The Morgan fingerprint density at radius 2 is 2.12 bits per heavy atom. The number of hydrogen-bond donors (Lipinski definition) is 0. The number of nitrogens with zero attached hydrogens (tertiary/aromatic N) is 2. The van der Waals surface area contributed by atoms with Gasteiger partial charge in [-0.2, -0.15) is 16.2 Å². The van der Waals surface area contributed by atoms with E-state index in [1.54, 1.807) is 11.8 Å². The maximum absolute atomic E-state index is 14.4. The maximum Gasteiger partial charge on any atom is 0.287 e. The minimum atomic E-state index is -1.16. The van der Waals surface area contributed by atoms with Gasteiger partial charge in [-0.15, -0.1) is 0 Å². The fourth-order valence-electron chi connectivity index (χ4n) is 2.89. The molecule has 2 aliphatic heterocycles. The molecule has 0 unspecified atom stereocenters. The Balaban J connectivity index is 1.77. The fraction of sp³-hybridized carbons (Fsp3) is 0.467. The first-order valence-electron chi connectivity index (χ1n) is 7.57. The first kappa shape index (κ1) is 17.1.